The topological polar surface area (TPSA) is 106 Å². The molecule has 0 spiro atoms. The van der Waals surface area contributed by atoms with E-state index in [1.165, 1.54) is 23.3 Å². The lowest BCUT2D eigenvalue weighted by atomic mass is 9.95. The van der Waals surface area contributed by atoms with Crippen LogP contribution in [-0.2, 0) is 34.2 Å². The number of carbonyl (C=O) groups excluding carboxylic acids is 3. The summed E-state index contributed by atoms with van der Waals surface area (Å²) in [6, 6.07) is 9.19. The zero-order valence-electron chi connectivity index (χ0n) is 20.4. The van der Waals surface area contributed by atoms with Gasteiger partial charge in [0.05, 0.1) is 30.3 Å². The normalized spacial score (nSPS) is 16.1. The number of esters is 1. The molecule has 5 rings (SSSR count). The fraction of sp³-hybridized carbons (Fsp3) is 0.269. The number of fused-ring (bicyclic) bond motifs is 1. The number of carbonyl (C=O) groups is 3. The maximum absolute atomic E-state index is 13.3. The summed E-state index contributed by atoms with van der Waals surface area (Å²) >= 11 is 2.60. The number of aliphatic imine (C=N–C) groups is 1. The van der Waals surface area contributed by atoms with Crippen molar-refractivity contribution in [1.82, 2.24) is 9.78 Å². The number of anilines is 2. The number of thioether (sulfide) groups is 1. The van der Waals surface area contributed by atoms with Gasteiger partial charge in [-0.3, -0.25) is 19.2 Å². The smallest absolute Gasteiger partial charge is 0.341 e. The van der Waals surface area contributed by atoms with E-state index in [0.29, 0.717) is 21.4 Å². The Hall–Kier alpha value is -3.70. The summed E-state index contributed by atoms with van der Waals surface area (Å²) in [6.45, 7) is 0. The first-order valence-corrected chi connectivity index (χ1v) is 13.6. The number of hydrogen-bond donors (Lipinski definition) is 1. The van der Waals surface area contributed by atoms with E-state index in [4.69, 9.17) is 4.74 Å². The van der Waals surface area contributed by atoms with Gasteiger partial charge in [-0.25, -0.2) is 9.79 Å². The summed E-state index contributed by atoms with van der Waals surface area (Å²) in [5.41, 5.74) is 3.12. The highest BCUT2D eigenvalue weighted by atomic mass is 32.2. The Kier molecular flexibility index (Phi) is 7.24. The Labute approximate surface area is 222 Å². The van der Waals surface area contributed by atoms with E-state index in [2.05, 4.69) is 15.4 Å². The van der Waals surface area contributed by atoms with E-state index < -0.39 is 5.97 Å². The Morgan fingerprint density at radius 3 is 2.73 bits per heavy atom. The van der Waals surface area contributed by atoms with Gasteiger partial charge in [0.15, 0.2) is 5.17 Å². The van der Waals surface area contributed by atoms with Crippen LogP contribution in [0.25, 0.3) is 6.08 Å². The van der Waals surface area contributed by atoms with Crippen molar-refractivity contribution in [2.45, 2.75) is 25.7 Å². The van der Waals surface area contributed by atoms with Gasteiger partial charge >= 0.3 is 5.97 Å². The van der Waals surface area contributed by atoms with Crippen LogP contribution in [-0.4, -0.2) is 45.6 Å². The highest BCUT2D eigenvalue weighted by molar-refractivity contribution is 8.14. The van der Waals surface area contributed by atoms with Crippen LogP contribution in [0, 0.1) is 0 Å². The molecule has 1 aromatic carbocycles. The molecule has 11 heteroatoms. The number of benzene rings is 1. The third-order valence-corrected chi connectivity index (χ3v) is 8.16. The predicted octanol–water partition coefficient (Wildman–Crippen LogP) is 4.26. The van der Waals surface area contributed by atoms with Crippen molar-refractivity contribution in [2.24, 2.45) is 12.0 Å². The van der Waals surface area contributed by atoms with Crippen molar-refractivity contribution in [1.29, 1.82) is 0 Å². The van der Waals surface area contributed by atoms with E-state index in [9.17, 15) is 14.4 Å². The number of amides is 2. The molecule has 0 fully saturated rings. The molecule has 0 atom stereocenters. The van der Waals surface area contributed by atoms with Crippen molar-refractivity contribution in [3.05, 3.63) is 70.0 Å². The maximum Gasteiger partial charge on any atom is 0.341 e. The number of amidine groups is 1. The fourth-order valence-electron chi connectivity index (χ4n) is 4.34. The predicted molar refractivity (Wildman–Crippen MR) is 146 cm³/mol. The molecule has 37 heavy (non-hydrogen) atoms. The molecule has 2 aromatic heterocycles. The lowest BCUT2D eigenvalue weighted by Gasteiger charge is -2.17. The van der Waals surface area contributed by atoms with Gasteiger partial charge < -0.3 is 10.1 Å². The number of rotatable bonds is 6. The van der Waals surface area contributed by atoms with Gasteiger partial charge in [-0.05, 0) is 49.5 Å². The molecule has 2 amide bonds. The summed E-state index contributed by atoms with van der Waals surface area (Å²) < 4.78 is 6.65. The SMILES string of the molecule is COC(=O)c1c(NC(=O)CSC2=N/C(=C/c3cnn(C)c3)C(=O)N2c2ccccc2)sc2c1CCCC2. The molecule has 1 aliphatic carbocycles. The number of thiophene rings is 1. The highest BCUT2D eigenvalue weighted by Gasteiger charge is 2.33. The van der Waals surface area contributed by atoms with Gasteiger partial charge in [-0.15, -0.1) is 11.3 Å². The number of nitrogens with one attached hydrogen (secondary N) is 1. The number of aromatic nitrogens is 2. The van der Waals surface area contributed by atoms with E-state index >= 15 is 0 Å². The number of methoxy groups -OCH3 is 1. The van der Waals surface area contributed by atoms with Crippen LogP contribution in [0.15, 0.2) is 53.4 Å². The fourth-order valence-corrected chi connectivity index (χ4v) is 6.44. The molecule has 1 aliphatic heterocycles. The summed E-state index contributed by atoms with van der Waals surface area (Å²) in [6.07, 6.45) is 8.90. The first-order chi connectivity index (χ1) is 17.9. The van der Waals surface area contributed by atoms with Crippen LogP contribution in [0.4, 0.5) is 10.7 Å². The number of aryl methyl sites for hydroxylation is 2. The van der Waals surface area contributed by atoms with Gasteiger partial charge in [0.1, 0.15) is 10.7 Å². The molecule has 3 aromatic rings. The van der Waals surface area contributed by atoms with E-state index in [0.717, 1.165) is 53.4 Å². The van der Waals surface area contributed by atoms with E-state index in [-0.39, 0.29) is 23.3 Å². The first-order valence-electron chi connectivity index (χ1n) is 11.8. The second-order valence-corrected chi connectivity index (χ2v) is 10.6. The van der Waals surface area contributed by atoms with Crippen molar-refractivity contribution in [3.63, 3.8) is 0 Å². The van der Waals surface area contributed by atoms with Gasteiger partial charge in [-0.1, -0.05) is 30.0 Å². The van der Waals surface area contributed by atoms with Crippen molar-refractivity contribution < 1.29 is 19.1 Å². The Morgan fingerprint density at radius 1 is 1.22 bits per heavy atom. The lowest BCUT2D eigenvalue weighted by molar-refractivity contribution is -0.114. The molecule has 3 heterocycles. The molecule has 2 aliphatic rings. The monoisotopic (exact) mass is 535 g/mol. The summed E-state index contributed by atoms with van der Waals surface area (Å²) in [5, 5.41) is 7.96. The molecular formula is C26H25N5O4S2. The third-order valence-electron chi connectivity index (χ3n) is 6.02. The quantitative estimate of drug-likeness (QED) is 0.373. The second-order valence-electron chi connectivity index (χ2n) is 8.59. The van der Waals surface area contributed by atoms with Gasteiger partial charge in [0.25, 0.3) is 5.91 Å². The molecule has 0 radical (unpaired) electrons. The molecular weight excluding hydrogens is 510 g/mol. The van der Waals surface area contributed by atoms with Crippen LogP contribution in [0.2, 0.25) is 0 Å². The molecule has 0 unspecified atom stereocenters. The van der Waals surface area contributed by atoms with Gasteiger partial charge in [0.2, 0.25) is 5.91 Å². The average Bonchev–Trinajstić information content (AvgIpc) is 3.57. The van der Waals surface area contributed by atoms with Crippen LogP contribution < -0.4 is 10.2 Å². The first kappa shape index (κ1) is 25.0. The maximum atomic E-state index is 13.3. The minimum atomic E-state index is -0.437. The number of nitrogens with zero attached hydrogens (tertiary/aromatic N) is 4. The minimum Gasteiger partial charge on any atom is -0.465 e. The second kappa shape index (κ2) is 10.7. The van der Waals surface area contributed by atoms with E-state index in [1.807, 2.05) is 30.3 Å². The third kappa shape index (κ3) is 5.23. The largest absolute Gasteiger partial charge is 0.465 e. The number of para-hydroxylation sites is 1. The van der Waals surface area contributed by atoms with Crippen LogP contribution in [0.1, 0.15) is 39.2 Å². The summed E-state index contributed by atoms with van der Waals surface area (Å²) in [7, 11) is 3.15. The Bertz CT molecular complexity index is 1420. The van der Waals surface area contributed by atoms with Crippen molar-refractivity contribution >= 4 is 62.8 Å². The highest BCUT2D eigenvalue weighted by Crippen LogP contribution is 2.38. The van der Waals surface area contributed by atoms with Gasteiger partial charge in [-0.2, -0.15) is 5.10 Å². The van der Waals surface area contributed by atoms with Crippen LogP contribution in [0.3, 0.4) is 0 Å². The van der Waals surface area contributed by atoms with Crippen molar-refractivity contribution in [3.8, 4) is 0 Å². The Morgan fingerprint density at radius 2 is 2.00 bits per heavy atom. The molecule has 1 N–H and O–H groups in total. The van der Waals surface area contributed by atoms with Crippen LogP contribution >= 0.6 is 23.1 Å². The number of ether oxygens (including phenoxy) is 1. The van der Waals surface area contributed by atoms with Crippen LogP contribution in [0.5, 0.6) is 0 Å². The molecule has 0 saturated carbocycles. The minimum absolute atomic E-state index is 0.0127. The molecule has 9 nitrogen and oxygen atoms in total. The zero-order chi connectivity index (χ0) is 25.9. The zero-order valence-corrected chi connectivity index (χ0v) is 22.0. The average molecular weight is 536 g/mol. The summed E-state index contributed by atoms with van der Waals surface area (Å²) in [5.74, 6) is -0.995. The molecule has 190 valence electrons. The Balaban J connectivity index is 1.36. The summed E-state index contributed by atoms with van der Waals surface area (Å²) in [4.78, 5) is 45.9. The lowest BCUT2D eigenvalue weighted by Crippen LogP contribution is -2.31. The van der Waals surface area contributed by atoms with Gasteiger partial charge in [0, 0.05) is 23.7 Å². The number of hydrogen-bond acceptors (Lipinski definition) is 8. The standard InChI is InChI=1S/C26H25N5O4S2/c1-30-14-16(13-27-30)12-19-24(33)31(17-8-4-3-5-9-17)26(28-19)36-15-21(32)29-23-22(25(34)35-2)18-10-6-7-11-20(18)37-23/h3-5,8-9,12-14H,6-7,10-11,15H2,1-2H3,(H,29,32)/b19-12+. The molecule has 0 saturated heterocycles. The molecule has 0 bridgehead atoms. The van der Waals surface area contributed by atoms with Crippen molar-refractivity contribution in [2.75, 3.05) is 23.1 Å². The van der Waals surface area contributed by atoms with E-state index in [1.54, 1.807) is 30.2 Å².